The number of carbonyl (C=O) groups is 1. The van der Waals surface area contributed by atoms with Gasteiger partial charge in [-0.15, -0.1) is 0 Å². The molecule has 1 aromatic carbocycles. The van der Waals surface area contributed by atoms with Crippen molar-refractivity contribution in [2.24, 2.45) is 28.4 Å². The molecule has 0 heterocycles. The molecule has 0 radical (unpaired) electrons. The molecule has 0 aromatic heterocycles. The molecule has 4 bridgehead atoms. The number of hydrogen-bond donors (Lipinski definition) is 1. The van der Waals surface area contributed by atoms with Crippen LogP contribution in [-0.2, 0) is 10.2 Å². The normalized spacial score (nSPS) is 43.4. The summed E-state index contributed by atoms with van der Waals surface area (Å²) in [4.78, 5) is 13.9. The summed E-state index contributed by atoms with van der Waals surface area (Å²) in [6.45, 7) is 2.34. The zero-order chi connectivity index (χ0) is 20.1. The summed E-state index contributed by atoms with van der Waals surface area (Å²) >= 11 is 0. The monoisotopic (exact) mass is 393 g/mol. The van der Waals surface area contributed by atoms with Crippen LogP contribution in [0.2, 0.25) is 0 Å². The third-order valence-electron chi connectivity index (χ3n) is 9.31. The van der Waals surface area contributed by atoms with E-state index in [2.05, 4.69) is 37.3 Å². The van der Waals surface area contributed by atoms with Crippen LogP contribution < -0.4 is 5.73 Å². The molecule has 5 aliphatic carbocycles. The largest absolute Gasteiger partial charge is 0.328 e. The number of nitrogens with two attached hydrogens (primary N) is 1. The molecule has 5 saturated carbocycles. The minimum absolute atomic E-state index is 0.0377. The van der Waals surface area contributed by atoms with E-state index in [4.69, 9.17) is 5.73 Å². The summed E-state index contributed by atoms with van der Waals surface area (Å²) in [5, 5.41) is 0. The van der Waals surface area contributed by atoms with Crippen molar-refractivity contribution in [1.29, 1.82) is 0 Å². The Morgan fingerprint density at radius 3 is 2.48 bits per heavy atom. The number of ketones is 1. The highest BCUT2D eigenvalue weighted by Gasteiger charge is 2.65. The van der Waals surface area contributed by atoms with Crippen LogP contribution in [0.15, 0.2) is 30.3 Å². The van der Waals surface area contributed by atoms with E-state index in [0.29, 0.717) is 23.2 Å². The summed E-state index contributed by atoms with van der Waals surface area (Å²) < 4.78 is 0. The molecular weight excluding hydrogens is 354 g/mol. The molecule has 6 rings (SSSR count). The average molecular weight is 394 g/mol. The molecule has 5 fully saturated rings. The SMILES string of the molecule is CCC[C@]12CC3CC(C(=O)CC4CCC(N)CC4)(C1)C[C@@](c1ccccc1)(C3)C2. The predicted molar refractivity (Wildman–Crippen MR) is 119 cm³/mol. The molecule has 4 atom stereocenters. The van der Waals surface area contributed by atoms with E-state index in [1.807, 2.05) is 0 Å². The van der Waals surface area contributed by atoms with Gasteiger partial charge in [-0.3, -0.25) is 4.79 Å². The Morgan fingerprint density at radius 1 is 1.00 bits per heavy atom. The second-order valence-electron chi connectivity index (χ2n) is 11.6. The van der Waals surface area contributed by atoms with Crippen molar-refractivity contribution in [1.82, 2.24) is 0 Å². The summed E-state index contributed by atoms with van der Waals surface area (Å²) in [5.41, 5.74) is 8.26. The van der Waals surface area contributed by atoms with Crippen molar-refractivity contribution in [2.45, 2.75) is 102 Å². The summed E-state index contributed by atoms with van der Waals surface area (Å²) in [6.07, 6.45) is 15.4. The molecule has 2 nitrogen and oxygen atoms in total. The molecule has 29 heavy (non-hydrogen) atoms. The summed E-state index contributed by atoms with van der Waals surface area (Å²) in [6, 6.07) is 11.6. The molecule has 2 heteroatoms. The lowest BCUT2D eigenvalue weighted by atomic mass is 9.37. The minimum atomic E-state index is -0.0377. The van der Waals surface area contributed by atoms with Gasteiger partial charge in [-0.2, -0.15) is 0 Å². The van der Waals surface area contributed by atoms with Crippen LogP contribution in [-0.4, -0.2) is 11.8 Å². The second kappa shape index (κ2) is 7.22. The molecule has 5 aliphatic rings. The fourth-order valence-corrected chi connectivity index (χ4v) is 8.74. The first-order valence-corrected chi connectivity index (χ1v) is 12.3. The van der Waals surface area contributed by atoms with E-state index < -0.39 is 0 Å². The number of benzene rings is 1. The van der Waals surface area contributed by atoms with Gasteiger partial charge in [0.25, 0.3) is 0 Å². The van der Waals surface area contributed by atoms with E-state index in [9.17, 15) is 4.79 Å². The molecule has 0 spiro atoms. The van der Waals surface area contributed by atoms with Gasteiger partial charge < -0.3 is 5.73 Å². The maximum Gasteiger partial charge on any atom is 0.139 e. The average Bonchev–Trinajstić information content (AvgIpc) is 2.69. The second-order valence-corrected chi connectivity index (χ2v) is 11.6. The fourth-order valence-electron chi connectivity index (χ4n) is 8.74. The van der Waals surface area contributed by atoms with Crippen LogP contribution in [0.5, 0.6) is 0 Å². The van der Waals surface area contributed by atoms with Gasteiger partial charge in [-0.25, -0.2) is 0 Å². The first-order valence-electron chi connectivity index (χ1n) is 12.3. The third-order valence-corrected chi connectivity index (χ3v) is 9.31. The lowest BCUT2D eigenvalue weighted by molar-refractivity contribution is -0.162. The lowest BCUT2D eigenvalue weighted by Crippen LogP contribution is -2.61. The Bertz CT molecular complexity index is 751. The first-order chi connectivity index (χ1) is 14.0. The minimum Gasteiger partial charge on any atom is -0.328 e. The van der Waals surface area contributed by atoms with Gasteiger partial charge in [0.2, 0.25) is 0 Å². The molecule has 2 N–H and O–H groups in total. The van der Waals surface area contributed by atoms with Gasteiger partial charge in [-0.05, 0) is 98.9 Å². The first kappa shape index (κ1) is 19.8. The smallest absolute Gasteiger partial charge is 0.139 e. The van der Waals surface area contributed by atoms with E-state index >= 15 is 0 Å². The third kappa shape index (κ3) is 3.40. The van der Waals surface area contributed by atoms with E-state index in [1.165, 1.54) is 50.5 Å². The summed E-state index contributed by atoms with van der Waals surface area (Å²) in [7, 11) is 0. The molecule has 0 saturated heterocycles. The number of hydrogen-bond acceptors (Lipinski definition) is 2. The Kier molecular flexibility index (Phi) is 4.93. The van der Waals surface area contributed by atoms with E-state index in [1.54, 1.807) is 0 Å². The maximum atomic E-state index is 13.9. The highest BCUT2D eigenvalue weighted by Crippen LogP contribution is 2.71. The Labute approximate surface area is 177 Å². The molecule has 1 aromatic rings. The van der Waals surface area contributed by atoms with Crippen molar-refractivity contribution >= 4 is 5.78 Å². The Balaban J connectivity index is 1.46. The van der Waals surface area contributed by atoms with Crippen molar-refractivity contribution in [3.05, 3.63) is 35.9 Å². The van der Waals surface area contributed by atoms with Crippen LogP contribution >= 0.6 is 0 Å². The van der Waals surface area contributed by atoms with Crippen molar-refractivity contribution in [2.75, 3.05) is 0 Å². The van der Waals surface area contributed by atoms with Crippen molar-refractivity contribution < 1.29 is 4.79 Å². The van der Waals surface area contributed by atoms with Crippen LogP contribution in [0.3, 0.4) is 0 Å². The summed E-state index contributed by atoms with van der Waals surface area (Å²) in [5.74, 6) is 1.97. The zero-order valence-corrected chi connectivity index (χ0v) is 18.3. The molecule has 0 amide bonds. The Morgan fingerprint density at radius 2 is 1.76 bits per heavy atom. The van der Waals surface area contributed by atoms with E-state index in [0.717, 1.165) is 44.4 Å². The van der Waals surface area contributed by atoms with Gasteiger partial charge in [0, 0.05) is 17.9 Å². The quantitative estimate of drug-likeness (QED) is 0.628. The molecule has 2 unspecified atom stereocenters. The highest BCUT2D eigenvalue weighted by atomic mass is 16.1. The van der Waals surface area contributed by atoms with Crippen LogP contribution in [0, 0.1) is 22.7 Å². The highest BCUT2D eigenvalue weighted by molar-refractivity contribution is 5.86. The lowest BCUT2D eigenvalue weighted by Gasteiger charge is -2.67. The van der Waals surface area contributed by atoms with Crippen molar-refractivity contribution in [3.63, 3.8) is 0 Å². The van der Waals surface area contributed by atoms with E-state index in [-0.39, 0.29) is 10.8 Å². The van der Waals surface area contributed by atoms with Crippen molar-refractivity contribution in [3.8, 4) is 0 Å². The van der Waals surface area contributed by atoms with Gasteiger partial charge in [0.1, 0.15) is 5.78 Å². The predicted octanol–water partition coefficient (Wildman–Crippen LogP) is 6.17. The molecular formula is C27H39NO. The topological polar surface area (TPSA) is 43.1 Å². The zero-order valence-electron chi connectivity index (χ0n) is 18.3. The van der Waals surface area contributed by atoms with Crippen LogP contribution in [0.4, 0.5) is 0 Å². The Hall–Kier alpha value is -1.15. The molecule has 158 valence electrons. The molecule has 0 aliphatic heterocycles. The number of carbonyl (C=O) groups excluding carboxylic acids is 1. The van der Waals surface area contributed by atoms with Crippen LogP contribution in [0.25, 0.3) is 0 Å². The number of rotatable bonds is 6. The van der Waals surface area contributed by atoms with Gasteiger partial charge in [0.05, 0.1) is 0 Å². The van der Waals surface area contributed by atoms with Gasteiger partial charge in [-0.1, -0.05) is 43.7 Å². The van der Waals surface area contributed by atoms with Gasteiger partial charge >= 0.3 is 0 Å². The fraction of sp³-hybridized carbons (Fsp3) is 0.741. The van der Waals surface area contributed by atoms with Gasteiger partial charge in [0.15, 0.2) is 0 Å². The standard InChI is InChI=1S/C27H39NO/c1-2-12-25-14-21-15-26(17-25,22-6-4-3-5-7-22)19-27(16-21,18-25)24(29)13-20-8-10-23(28)11-9-20/h3-7,20-21,23H,2,8-19,28H2,1H3/t20?,21?,23?,25-,26-,27?/m1/s1. The van der Waals surface area contributed by atoms with Crippen LogP contribution in [0.1, 0.15) is 96.0 Å². The maximum absolute atomic E-state index is 13.9. The number of Topliss-reactive ketones (excluding diaryl/α,β-unsaturated/α-hetero) is 1.